The van der Waals surface area contributed by atoms with Gasteiger partial charge in [-0.15, -0.1) is 0 Å². The van der Waals surface area contributed by atoms with Crippen molar-refractivity contribution in [3.05, 3.63) is 59.9 Å². The van der Waals surface area contributed by atoms with Gasteiger partial charge in [0.05, 0.1) is 38.1 Å². The van der Waals surface area contributed by atoms with Crippen LogP contribution in [0.3, 0.4) is 0 Å². The lowest BCUT2D eigenvalue weighted by Gasteiger charge is -2.34. The van der Waals surface area contributed by atoms with Gasteiger partial charge in [-0.2, -0.15) is 4.57 Å². The summed E-state index contributed by atoms with van der Waals surface area (Å²) >= 11 is 0. The van der Waals surface area contributed by atoms with Gasteiger partial charge < -0.3 is 136 Å². The largest absolute Gasteiger partial charge is 0.508 e. The number of nitrogens with one attached hydrogen (secondary N) is 15. The van der Waals surface area contributed by atoms with E-state index in [0.717, 1.165) is 61.2 Å². The van der Waals surface area contributed by atoms with Crippen molar-refractivity contribution in [3.63, 3.8) is 0 Å². The summed E-state index contributed by atoms with van der Waals surface area (Å²) in [5.41, 5.74) is 12.7. The van der Waals surface area contributed by atoms with Crippen LogP contribution in [0.2, 0.25) is 0 Å². The number of ketones is 2. The number of phenolic OH excluding ortho intramolecular Hbond substituents is 1. The van der Waals surface area contributed by atoms with E-state index >= 15 is 0 Å². The van der Waals surface area contributed by atoms with Gasteiger partial charge in [0, 0.05) is 77.0 Å². The molecule has 1 aromatic heterocycles. The third-order valence-electron chi connectivity index (χ3n) is 26.4. The first-order valence-electron chi connectivity index (χ1n) is 49.5. The van der Waals surface area contributed by atoms with Crippen molar-refractivity contribution in [2.24, 2.45) is 29.2 Å². The molecule has 804 valence electrons. The van der Waals surface area contributed by atoms with Gasteiger partial charge in [-0.1, -0.05) is 96.6 Å². The number of nitrogens with zero attached hydrogens (tertiary/aromatic N) is 4. The van der Waals surface area contributed by atoms with Crippen LogP contribution in [-0.2, 0) is 130 Å². The highest BCUT2D eigenvalue weighted by Crippen LogP contribution is 2.32. The zero-order chi connectivity index (χ0) is 108. The number of likely N-dealkylation sites (tertiary alicyclic amines) is 3. The molecule has 51 heteroatoms. The van der Waals surface area contributed by atoms with Gasteiger partial charge in [-0.05, 0) is 138 Å². The van der Waals surface area contributed by atoms with Gasteiger partial charge in [0.15, 0.2) is 18.4 Å². The molecule has 3 aliphatic heterocycles. The number of guanidine groups is 1. The second-order valence-corrected chi connectivity index (χ2v) is 37.6. The third kappa shape index (κ3) is 39.6. The summed E-state index contributed by atoms with van der Waals surface area (Å²) in [5.74, 6) is -26.1. The smallest absolute Gasteiger partial charge is 0.326 e. The number of carbonyl (C=O) groups excluding carboxylic acids is 17. The molecule has 5 aliphatic rings. The van der Waals surface area contributed by atoms with Gasteiger partial charge in [0.2, 0.25) is 101 Å². The first-order chi connectivity index (χ1) is 69.3. The maximum Gasteiger partial charge on any atom is 0.326 e. The number of aromatic nitrogens is 1. The number of carboxylic acids is 6. The molecule has 26 N–H and O–H groups in total. The number of amides is 15. The first-order valence-corrected chi connectivity index (χ1v) is 49.5. The van der Waals surface area contributed by atoms with Gasteiger partial charge >= 0.3 is 35.8 Å². The number of nitrogens with two attached hydrogens (primary N) is 2. The predicted octanol–water partition coefficient (Wildman–Crippen LogP) is -4.18. The molecule has 1 aromatic carbocycles. The molecule has 51 nitrogen and oxygen atoms in total. The average molecular weight is 2060 g/mol. The summed E-state index contributed by atoms with van der Waals surface area (Å²) in [4.78, 5) is 314. The Morgan fingerprint density at radius 1 is 0.425 bits per heavy atom. The topological polar surface area (TPSA) is 792 Å². The average Bonchev–Trinajstić information content (AvgIpc) is 1.66. The monoisotopic (exact) mass is 2060 g/mol. The van der Waals surface area contributed by atoms with Crippen molar-refractivity contribution >= 4 is 142 Å². The summed E-state index contributed by atoms with van der Waals surface area (Å²) in [7, 11) is 0. The molecule has 5 fully saturated rings. The fourth-order valence-corrected chi connectivity index (χ4v) is 18.2. The highest BCUT2D eigenvalue weighted by Gasteiger charge is 2.47. The molecule has 15 atom stereocenters. The first kappa shape index (κ1) is 119. The van der Waals surface area contributed by atoms with Crippen LogP contribution < -0.4 is 90.5 Å². The molecular weight excluding hydrogens is 1920 g/mol. The maximum atomic E-state index is 15.0. The minimum absolute atomic E-state index is 0.00237. The van der Waals surface area contributed by atoms with Crippen LogP contribution in [0.5, 0.6) is 5.75 Å². The molecule has 2 saturated carbocycles. The maximum absolute atomic E-state index is 15.0. The quantitative estimate of drug-likeness (QED) is 0.00982. The zero-order valence-corrected chi connectivity index (χ0v) is 82.2. The summed E-state index contributed by atoms with van der Waals surface area (Å²) in [6, 6.07) is -12.8. The number of hydrogen-bond acceptors (Lipinski definition) is 27. The number of pyridine rings is 1. The van der Waals surface area contributed by atoms with Crippen molar-refractivity contribution in [2.45, 2.75) is 317 Å². The number of phenols is 1. The molecule has 15 amide bonds. The minimum atomic E-state index is -2.00. The number of aliphatic carboxylic acids is 6. The number of rotatable bonds is 61. The van der Waals surface area contributed by atoms with Crippen molar-refractivity contribution in [2.75, 3.05) is 45.8 Å². The Hall–Kier alpha value is -14.4. The van der Waals surface area contributed by atoms with Crippen LogP contribution in [0.4, 0.5) is 0 Å². The number of carboxylic acid groups (broad SMARTS) is 6. The van der Waals surface area contributed by atoms with Crippen molar-refractivity contribution < 1.29 is 151 Å². The summed E-state index contributed by atoms with van der Waals surface area (Å²) in [5, 5.41) is 110. The van der Waals surface area contributed by atoms with Crippen molar-refractivity contribution in [3.8, 4) is 5.75 Å². The molecule has 7 rings (SSSR count). The van der Waals surface area contributed by atoms with Gasteiger partial charge in [0.25, 0.3) is 5.78 Å². The van der Waals surface area contributed by atoms with Crippen LogP contribution in [0.1, 0.15) is 225 Å². The van der Waals surface area contributed by atoms with E-state index < -0.39 is 304 Å². The van der Waals surface area contributed by atoms with E-state index in [1.54, 1.807) is 26.0 Å². The molecule has 146 heavy (non-hydrogen) atoms. The van der Waals surface area contributed by atoms with Gasteiger partial charge in [0.1, 0.15) is 78.3 Å². The lowest BCUT2D eigenvalue weighted by Crippen LogP contribution is -2.61. The Kier molecular flexibility index (Phi) is 48.5. The number of carbonyl (C=O) groups is 23. The number of aromatic hydroxyl groups is 1. The van der Waals surface area contributed by atoms with E-state index in [1.807, 2.05) is 0 Å². The van der Waals surface area contributed by atoms with E-state index in [-0.39, 0.29) is 113 Å². The normalized spacial score (nSPS) is 18.2. The second kappa shape index (κ2) is 59.7. The fraction of sp³-hybridized carbons (Fsp3) is 0.632. The minimum Gasteiger partial charge on any atom is -0.508 e. The number of Topliss-reactive ketones (excluding diaryl/α,β-unsaturated/α-hetero) is 2. The lowest BCUT2D eigenvalue weighted by atomic mass is 9.84. The fourth-order valence-electron chi connectivity index (χ4n) is 18.2. The number of hydrogen-bond donors (Lipinski definition) is 24. The Labute approximate surface area is 841 Å². The molecule has 2 aliphatic carbocycles. The third-order valence-corrected chi connectivity index (χ3v) is 26.4. The Balaban J connectivity index is 0.935. The summed E-state index contributed by atoms with van der Waals surface area (Å²) < 4.78 is 1.42. The van der Waals surface area contributed by atoms with E-state index in [0.29, 0.717) is 50.1 Å². The lowest BCUT2D eigenvalue weighted by molar-refractivity contribution is -0.683. The summed E-state index contributed by atoms with van der Waals surface area (Å²) in [6.07, 6.45) is 6.99. The predicted molar refractivity (Wildman–Crippen MR) is 512 cm³/mol. The SMILES string of the molecule is CC[C@H](C)[C@H](NC(=O)[C@@H]1CCCN1C(=O)[C@H](CCC(=O)O)NC(=O)[C@H](Cc1ccc(O)cc1)NC(=O)[C@H](CC(=O)O)NC(=O)CNC(=O)CNC(=O)CNCc1cc[n+](CC(=O)C(=O)[C@H](CCCNC(=N)N)NC(=O)[C@@H]2CCCN2C(=O)[C@@H](N)CC2CCCCC2)cc1)C(=O)N1CCC[C@H]1C(=O)N[C@@H](CCC(=O)O)C(=O)N[C@@H](CCC(=O)O)C(=O)N[C@@H](C)C(=O)N[C@@H](CC1CCCCC1)C(=O)N[C@H](CCC(=O)O)C(=O)O. The highest BCUT2D eigenvalue weighted by molar-refractivity contribution is 6.39. The van der Waals surface area contributed by atoms with Crippen molar-refractivity contribution in [1.82, 2.24) is 89.1 Å². The standard InChI is InChI=1S/C95H139N21O30/c1-4-52(2)80(93(144)116-40-14-21-69(116)89(140)107-62(28-32-76(124)125)84(135)106-61(27-31-75(122)123)83(134)103-53(3)82(133)110-65(44-55-17-9-6-10-18-55)86(137)109-64(94(145)146)30-34-78(128)129)112-90(141)70-22-13-39-115(70)92(143)63(29-33-77(126)127)108-85(136)66(45-56-23-25-58(117)26-24-56)111-87(138)67(46-79(130)131)104-74(121)50-102-73(120)49-101-72(119)48-99-47-57-35-41-113(42-36-57)51-71(118)81(132)60(19-11-37-100-95(97)98)105-88(139)68-20-12-38-114(68)91(142)59(96)43-54-15-7-5-8-16-54/h23-26,35-36,41-42,52-55,59-70,80,99H,4-22,27-34,37-40,43-51,96H2,1-3H3,(H22-,97,98,100,101,102,103,104,105,106,107,108,109,110,111,112,117,119,120,121,122,123,124,125,126,127,128,129,130,131,133,134,135,136,137,138,139,140,141,145,146)/p+1/t52-,53-,59-,60-,61-,62-,63-,64+,65-,66-,67-,68-,69-,70-,80-/m0/s1. The molecule has 0 spiro atoms. The van der Waals surface area contributed by atoms with E-state index in [1.165, 1.54) is 53.0 Å². The van der Waals surface area contributed by atoms with E-state index in [4.69, 9.17) is 16.9 Å². The molecule has 0 unspecified atom stereocenters. The van der Waals surface area contributed by atoms with Crippen molar-refractivity contribution in [1.29, 1.82) is 5.41 Å². The van der Waals surface area contributed by atoms with E-state index in [9.17, 15) is 146 Å². The van der Waals surface area contributed by atoms with E-state index in [2.05, 4.69) is 74.4 Å². The van der Waals surface area contributed by atoms with Gasteiger partial charge in [-0.25, -0.2) is 4.79 Å². The molecule has 2 aromatic rings. The van der Waals surface area contributed by atoms with Crippen LogP contribution in [0.15, 0.2) is 48.8 Å². The molecular formula is C95H140N21O30+. The van der Waals surface area contributed by atoms with Crippen LogP contribution in [0.25, 0.3) is 0 Å². The zero-order valence-electron chi connectivity index (χ0n) is 82.2. The number of benzene rings is 1. The molecule has 4 heterocycles. The molecule has 0 radical (unpaired) electrons. The Bertz CT molecular complexity index is 4980. The second-order valence-electron chi connectivity index (χ2n) is 37.6. The van der Waals surface area contributed by atoms with Crippen LogP contribution >= 0.6 is 0 Å². The molecule has 0 bridgehead atoms. The molecule has 3 saturated heterocycles. The Morgan fingerprint density at radius 3 is 1.39 bits per heavy atom. The summed E-state index contributed by atoms with van der Waals surface area (Å²) in [6.45, 7) is 2.30. The van der Waals surface area contributed by atoms with Crippen LogP contribution in [0, 0.1) is 23.2 Å². The van der Waals surface area contributed by atoms with Gasteiger partial charge in [-0.3, -0.25) is 111 Å². The van der Waals surface area contributed by atoms with Crippen LogP contribution in [-0.4, -0.2) is 323 Å². The Morgan fingerprint density at radius 2 is 0.863 bits per heavy atom. The highest BCUT2D eigenvalue weighted by atomic mass is 16.4.